The molecule has 1 saturated carbocycles. The third-order valence-electron chi connectivity index (χ3n) is 7.94. The van der Waals surface area contributed by atoms with Gasteiger partial charge in [-0.1, -0.05) is 0 Å². The lowest BCUT2D eigenvalue weighted by Gasteiger charge is -2.27. The fourth-order valence-corrected chi connectivity index (χ4v) is 6.30. The van der Waals surface area contributed by atoms with Gasteiger partial charge in [-0.3, -0.25) is 4.68 Å². The van der Waals surface area contributed by atoms with Crippen LogP contribution in [-0.4, -0.2) is 63.8 Å². The molecule has 4 heterocycles. The number of anilines is 1. The van der Waals surface area contributed by atoms with Crippen molar-refractivity contribution in [2.75, 3.05) is 38.2 Å². The second-order valence-corrected chi connectivity index (χ2v) is 10.4. The maximum Gasteiger partial charge on any atom is 0.148 e. The standard InChI is InChI=1S/C26H34N6O/c1-17-9-25-21(14-31(2)30-25)12-23(17)24-3-4-26(29-28-24)27-22-10-19-15-32(16-20(19)11-22)13-18-5-7-33-8-6-18/h3-4,9,12,14,18-20,22H,5-8,10-11,13,15-16H2,1-2H3,(H,27,29)/t19-,20?,22?/m1/s1. The Balaban J connectivity index is 1.06. The molecule has 2 aromatic heterocycles. The molecule has 2 aliphatic heterocycles. The number of ether oxygens (including phenoxy) is 1. The second-order valence-electron chi connectivity index (χ2n) is 10.4. The SMILES string of the molecule is Cc1cc2nn(C)cc2cc1-c1ccc(NC2CC3CN(CC4CCOCC4)C[C@H]3C2)nn1. The lowest BCUT2D eigenvalue weighted by Crippen LogP contribution is -2.32. The summed E-state index contributed by atoms with van der Waals surface area (Å²) >= 11 is 0. The average molecular weight is 447 g/mol. The van der Waals surface area contributed by atoms with Crippen molar-refractivity contribution in [2.24, 2.45) is 24.8 Å². The van der Waals surface area contributed by atoms with E-state index in [1.165, 1.54) is 50.9 Å². The number of hydrogen-bond acceptors (Lipinski definition) is 6. The van der Waals surface area contributed by atoms with Gasteiger partial charge in [-0.25, -0.2) is 0 Å². The van der Waals surface area contributed by atoms with Crippen molar-refractivity contribution in [3.63, 3.8) is 0 Å². The van der Waals surface area contributed by atoms with E-state index in [2.05, 4.69) is 56.7 Å². The van der Waals surface area contributed by atoms with E-state index in [-0.39, 0.29) is 0 Å². The number of nitrogens with zero attached hydrogens (tertiary/aromatic N) is 5. The van der Waals surface area contributed by atoms with Gasteiger partial charge in [0.05, 0.1) is 11.2 Å². The molecule has 1 N–H and O–H groups in total. The zero-order valence-corrected chi connectivity index (χ0v) is 19.7. The van der Waals surface area contributed by atoms with Gasteiger partial charge in [0.25, 0.3) is 0 Å². The average Bonchev–Trinajstić information content (AvgIpc) is 3.46. The van der Waals surface area contributed by atoms with Crippen LogP contribution in [0.1, 0.15) is 31.2 Å². The van der Waals surface area contributed by atoms with E-state index in [0.717, 1.165) is 58.9 Å². The maximum atomic E-state index is 5.52. The molecular formula is C26H34N6O. The molecule has 0 bridgehead atoms. The number of fused-ring (bicyclic) bond motifs is 2. The highest BCUT2D eigenvalue weighted by molar-refractivity contribution is 5.85. The summed E-state index contributed by atoms with van der Waals surface area (Å²) in [6.07, 6.45) is 7.01. The third kappa shape index (κ3) is 4.36. The van der Waals surface area contributed by atoms with Gasteiger partial charge in [0.2, 0.25) is 0 Å². The van der Waals surface area contributed by atoms with Crippen molar-refractivity contribution >= 4 is 16.7 Å². The lowest BCUT2D eigenvalue weighted by atomic mass is 10.00. The van der Waals surface area contributed by atoms with Gasteiger partial charge in [0.1, 0.15) is 5.82 Å². The molecule has 174 valence electrons. The Hall–Kier alpha value is -2.51. The van der Waals surface area contributed by atoms with Crippen LogP contribution >= 0.6 is 0 Å². The van der Waals surface area contributed by atoms with Crippen LogP contribution in [0.2, 0.25) is 0 Å². The Kier molecular flexibility index (Phi) is 5.54. The largest absolute Gasteiger partial charge is 0.381 e. The van der Waals surface area contributed by atoms with Crippen LogP contribution in [0.3, 0.4) is 0 Å². The van der Waals surface area contributed by atoms with E-state index in [0.29, 0.717) is 6.04 Å². The molecule has 1 aromatic carbocycles. The number of likely N-dealkylation sites (tertiary alicyclic amines) is 1. The van der Waals surface area contributed by atoms with E-state index < -0.39 is 0 Å². The minimum absolute atomic E-state index is 0.513. The summed E-state index contributed by atoms with van der Waals surface area (Å²) < 4.78 is 7.38. The summed E-state index contributed by atoms with van der Waals surface area (Å²) in [6.45, 7) is 7.82. The molecule has 0 amide bonds. The topological polar surface area (TPSA) is 68.1 Å². The summed E-state index contributed by atoms with van der Waals surface area (Å²) in [6, 6.07) is 8.98. The van der Waals surface area contributed by atoms with Crippen LogP contribution in [0.25, 0.3) is 22.2 Å². The molecule has 6 rings (SSSR count). The fourth-order valence-electron chi connectivity index (χ4n) is 6.30. The predicted molar refractivity (Wildman–Crippen MR) is 130 cm³/mol. The summed E-state index contributed by atoms with van der Waals surface area (Å²) in [4.78, 5) is 2.72. The van der Waals surface area contributed by atoms with Crippen LogP contribution in [0.4, 0.5) is 5.82 Å². The minimum atomic E-state index is 0.513. The molecule has 7 heteroatoms. The molecule has 3 atom stereocenters. The Labute approximate surface area is 195 Å². The van der Waals surface area contributed by atoms with Gasteiger partial charge >= 0.3 is 0 Å². The van der Waals surface area contributed by atoms with E-state index in [1.54, 1.807) is 0 Å². The molecule has 2 unspecified atom stereocenters. The van der Waals surface area contributed by atoms with E-state index in [4.69, 9.17) is 4.74 Å². The first-order valence-corrected chi connectivity index (χ1v) is 12.5. The van der Waals surface area contributed by atoms with Crippen LogP contribution in [0, 0.1) is 24.7 Å². The molecule has 3 fully saturated rings. The minimum Gasteiger partial charge on any atom is -0.381 e. The number of nitrogens with one attached hydrogen (secondary N) is 1. The van der Waals surface area contributed by atoms with Crippen molar-refractivity contribution in [3.8, 4) is 11.3 Å². The lowest BCUT2D eigenvalue weighted by molar-refractivity contribution is 0.0545. The molecule has 7 nitrogen and oxygen atoms in total. The summed E-state index contributed by atoms with van der Waals surface area (Å²) in [5, 5.41) is 18.4. The van der Waals surface area contributed by atoms with Gasteiger partial charge in [0.15, 0.2) is 0 Å². The highest BCUT2D eigenvalue weighted by Crippen LogP contribution is 2.39. The summed E-state index contributed by atoms with van der Waals surface area (Å²) in [5.74, 6) is 3.37. The van der Waals surface area contributed by atoms with Crippen molar-refractivity contribution in [2.45, 2.75) is 38.6 Å². The molecule has 1 aliphatic carbocycles. The second kappa shape index (κ2) is 8.69. The van der Waals surface area contributed by atoms with Crippen LogP contribution in [0.5, 0.6) is 0 Å². The number of rotatable bonds is 5. The Bertz CT molecular complexity index is 1110. The Morgan fingerprint density at radius 2 is 1.85 bits per heavy atom. The molecule has 0 radical (unpaired) electrons. The third-order valence-corrected chi connectivity index (χ3v) is 7.94. The zero-order valence-electron chi connectivity index (χ0n) is 19.7. The number of aromatic nitrogens is 4. The first-order valence-electron chi connectivity index (χ1n) is 12.5. The molecule has 3 aliphatic rings. The van der Waals surface area contributed by atoms with Crippen LogP contribution in [-0.2, 0) is 11.8 Å². The van der Waals surface area contributed by atoms with E-state index in [9.17, 15) is 0 Å². The first-order chi connectivity index (χ1) is 16.1. The molecule has 3 aromatic rings. The maximum absolute atomic E-state index is 5.52. The van der Waals surface area contributed by atoms with Gasteiger partial charge in [-0.15, -0.1) is 10.2 Å². The van der Waals surface area contributed by atoms with Crippen molar-refractivity contribution in [3.05, 3.63) is 36.0 Å². The Morgan fingerprint density at radius 1 is 1.06 bits per heavy atom. The highest BCUT2D eigenvalue weighted by atomic mass is 16.5. The first kappa shape index (κ1) is 21.1. The summed E-state index contributed by atoms with van der Waals surface area (Å²) in [5.41, 5.74) is 4.22. The van der Waals surface area contributed by atoms with Gasteiger partial charge < -0.3 is 15.0 Å². The number of benzene rings is 1. The zero-order chi connectivity index (χ0) is 22.4. The summed E-state index contributed by atoms with van der Waals surface area (Å²) in [7, 11) is 1.95. The smallest absolute Gasteiger partial charge is 0.148 e. The van der Waals surface area contributed by atoms with Gasteiger partial charge in [0, 0.05) is 63.1 Å². The fraction of sp³-hybridized carbons (Fsp3) is 0.577. The Morgan fingerprint density at radius 3 is 2.58 bits per heavy atom. The van der Waals surface area contributed by atoms with Crippen LogP contribution < -0.4 is 5.32 Å². The molecule has 2 saturated heterocycles. The predicted octanol–water partition coefficient (Wildman–Crippen LogP) is 3.89. The van der Waals surface area contributed by atoms with E-state index in [1.807, 2.05) is 17.9 Å². The van der Waals surface area contributed by atoms with Gasteiger partial charge in [-0.05, 0) is 80.2 Å². The number of aryl methyl sites for hydroxylation is 2. The normalized spacial score (nSPS) is 26.2. The monoisotopic (exact) mass is 446 g/mol. The van der Waals surface area contributed by atoms with E-state index >= 15 is 0 Å². The van der Waals surface area contributed by atoms with Crippen LogP contribution in [0.15, 0.2) is 30.5 Å². The molecule has 0 spiro atoms. The molecular weight excluding hydrogens is 412 g/mol. The van der Waals surface area contributed by atoms with Gasteiger partial charge in [-0.2, -0.15) is 5.10 Å². The quantitative estimate of drug-likeness (QED) is 0.641. The van der Waals surface area contributed by atoms with Crippen molar-refractivity contribution in [1.82, 2.24) is 24.9 Å². The number of hydrogen-bond donors (Lipinski definition) is 1. The highest BCUT2D eigenvalue weighted by Gasteiger charge is 2.41. The van der Waals surface area contributed by atoms with Crippen molar-refractivity contribution in [1.29, 1.82) is 0 Å². The molecule has 33 heavy (non-hydrogen) atoms. The van der Waals surface area contributed by atoms with Crippen molar-refractivity contribution < 1.29 is 4.74 Å².